The lowest BCUT2D eigenvalue weighted by molar-refractivity contribution is 0.300. The van der Waals surface area contributed by atoms with Crippen LogP contribution in [0.1, 0.15) is 22.6 Å². The summed E-state index contributed by atoms with van der Waals surface area (Å²) in [5.41, 5.74) is 8.24. The van der Waals surface area contributed by atoms with Gasteiger partial charge in [0.2, 0.25) is 5.88 Å². The third kappa shape index (κ3) is 3.58. The fraction of sp³-hybridized carbons (Fsp3) is 0.0870. The molecule has 0 amide bonds. The van der Waals surface area contributed by atoms with E-state index in [-0.39, 0.29) is 24.1 Å². The van der Waals surface area contributed by atoms with Gasteiger partial charge in [0.1, 0.15) is 41.3 Å². The molecule has 1 aliphatic rings. The largest absolute Gasteiger partial charge is 0.508 e. The molecule has 3 aromatic carbocycles. The summed E-state index contributed by atoms with van der Waals surface area (Å²) in [7, 11) is 0. The van der Waals surface area contributed by atoms with E-state index in [0.717, 1.165) is 11.1 Å². The molecule has 0 aromatic heterocycles. The normalized spacial score (nSPS) is 15.2. The summed E-state index contributed by atoms with van der Waals surface area (Å²) < 4.78 is 24.9. The fourth-order valence-corrected chi connectivity index (χ4v) is 3.32. The van der Waals surface area contributed by atoms with Gasteiger partial charge in [0, 0.05) is 17.2 Å². The van der Waals surface area contributed by atoms with Gasteiger partial charge in [-0.05, 0) is 29.8 Å². The number of ether oxygens (including phenoxy) is 2. The second-order valence-corrected chi connectivity index (χ2v) is 6.60. The van der Waals surface area contributed by atoms with Crippen LogP contribution in [0.3, 0.4) is 0 Å². The molecular weight excluding hydrogens is 371 g/mol. The zero-order valence-electron chi connectivity index (χ0n) is 15.3. The number of nitriles is 1. The molecule has 0 radical (unpaired) electrons. The Balaban J connectivity index is 1.61. The zero-order chi connectivity index (χ0) is 20.4. The van der Waals surface area contributed by atoms with Gasteiger partial charge in [-0.1, -0.05) is 36.4 Å². The predicted octanol–water partition coefficient (Wildman–Crippen LogP) is 4.33. The number of hydrogen-bond donors (Lipinski definition) is 2. The Kier molecular flexibility index (Phi) is 4.80. The van der Waals surface area contributed by atoms with Crippen molar-refractivity contribution in [2.75, 3.05) is 0 Å². The van der Waals surface area contributed by atoms with Crippen molar-refractivity contribution in [3.63, 3.8) is 0 Å². The number of phenolic OH excluding ortho intramolecular Hbond substituents is 1. The topological polar surface area (TPSA) is 88.5 Å². The molecule has 0 spiro atoms. The lowest BCUT2D eigenvalue weighted by atomic mass is 9.83. The fourth-order valence-electron chi connectivity index (χ4n) is 3.32. The monoisotopic (exact) mass is 388 g/mol. The van der Waals surface area contributed by atoms with Crippen molar-refractivity contribution in [3.8, 4) is 23.3 Å². The van der Waals surface area contributed by atoms with E-state index in [9.17, 15) is 14.8 Å². The van der Waals surface area contributed by atoms with Crippen LogP contribution in [0.2, 0.25) is 0 Å². The molecule has 6 heteroatoms. The van der Waals surface area contributed by atoms with E-state index in [1.807, 2.05) is 12.1 Å². The van der Waals surface area contributed by atoms with Crippen LogP contribution in [0.25, 0.3) is 0 Å². The van der Waals surface area contributed by atoms with Gasteiger partial charge < -0.3 is 20.3 Å². The van der Waals surface area contributed by atoms with Crippen molar-refractivity contribution >= 4 is 0 Å². The van der Waals surface area contributed by atoms with Crippen LogP contribution in [0.5, 0.6) is 17.2 Å². The van der Waals surface area contributed by atoms with Gasteiger partial charge >= 0.3 is 0 Å². The minimum absolute atomic E-state index is 0.00970. The van der Waals surface area contributed by atoms with E-state index < -0.39 is 5.92 Å². The van der Waals surface area contributed by atoms with Crippen LogP contribution in [0, 0.1) is 17.1 Å². The lowest BCUT2D eigenvalue weighted by Crippen LogP contribution is -2.20. The third-order valence-electron chi connectivity index (χ3n) is 4.77. The first-order chi connectivity index (χ1) is 14.1. The molecule has 0 aliphatic carbocycles. The summed E-state index contributed by atoms with van der Waals surface area (Å²) in [6.45, 7) is 0.113. The standard InChI is InChI=1S/C23H17FN2O3/c24-20-4-2-1-3-15(20)13-28-17-8-5-14(6-9-17)22-18-10-7-16(27)11-21(18)29-23(26)19(22)12-25/h1-11,22,27H,13,26H2. The maximum Gasteiger partial charge on any atom is 0.205 e. The number of nitrogens with two attached hydrogens (primary N) is 1. The quantitative estimate of drug-likeness (QED) is 0.695. The van der Waals surface area contributed by atoms with Gasteiger partial charge in [0.05, 0.1) is 5.92 Å². The second-order valence-electron chi connectivity index (χ2n) is 6.60. The van der Waals surface area contributed by atoms with Crippen molar-refractivity contribution < 1.29 is 19.0 Å². The molecule has 5 nitrogen and oxygen atoms in total. The lowest BCUT2D eigenvalue weighted by Gasteiger charge is -2.26. The number of allylic oxidation sites excluding steroid dienone is 1. The van der Waals surface area contributed by atoms with Gasteiger partial charge in [-0.3, -0.25) is 0 Å². The first-order valence-corrected chi connectivity index (χ1v) is 8.93. The molecule has 29 heavy (non-hydrogen) atoms. The molecule has 0 saturated heterocycles. The van der Waals surface area contributed by atoms with E-state index in [0.29, 0.717) is 22.6 Å². The Morgan fingerprint density at radius 3 is 2.59 bits per heavy atom. The average molecular weight is 388 g/mol. The minimum Gasteiger partial charge on any atom is -0.508 e. The first-order valence-electron chi connectivity index (χ1n) is 8.93. The van der Waals surface area contributed by atoms with Gasteiger partial charge in [0.25, 0.3) is 0 Å². The number of benzene rings is 3. The van der Waals surface area contributed by atoms with E-state index in [1.54, 1.807) is 36.4 Å². The van der Waals surface area contributed by atoms with Crippen molar-refractivity contribution in [2.24, 2.45) is 5.73 Å². The highest BCUT2D eigenvalue weighted by Crippen LogP contribution is 2.43. The Morgan fingerprint density at radius 2 is 1.86 bits per heavy atom. The van der Waals surface area contributed by atoms with Crippen LogP contribution in [0.4, 0.5) is 4.39 Å². The molecule has 3 aromatic rings. The Morgan fingerprint density at radius 1 is 1.10 bits per heavy atom. The number of nitrogens with zero attached hydrogens (tertiary/aromatic N) is 1. The summed E-state index contributed by atoms with van der Waals surface area (Å²) in [5.74, 6) is 0.301. The second kappa shape index (κ2) is 7.56. The average Bonchev–Trinajstić information content (AvgIpc) is 2.72. The van der Waals surface area contributed by atoms with E-state index in [2.05, 4.69) is 6.07 Å². The molecule has 1 atom stereocenters. The van der Waals surface area contributed by atoms with Gasteiger partial charge in [-0.15, -0.1) is 0 Å². The predicted molar refractivity (Wildman–Crippen MR) is 105 cm³/mol. The molecule has 0 saturated carbocycles. The molecule has 0 bridgehead atoms. The summed E-state index contributed by atoms with van der Waals surface area (Å²) in [6, 6.07) is 20.5. The number of aromatic hydroxyl groups is 1. The highest BCUT2D eigenvalue weighted by molar-refractivity contribution is 5.57. The Labute approximate surface area is 167 Å². The minimum atomic E-state index is -0.426. The maximum absolute atomic E-state index is 13.7. The maximum atomic E-state index is 13.7. The van der Waals surface area contributed by atoms with Crippen molar-refractivity contribution in [2.45, 2.75) is 12.5 Å². The van der Waals surface area contributed by atoms with Crippen molar-refractivity contribution in [1.82, 2.24) is 0 Å². The zero-order valence-corrected chi connectivity index (χ0v) is 15.3. The van der Waals surface area contributed by atoms with Crippen LogP contribution < -0.4 is 15.2 Å². The smallest absolute Gasteiger partial charge is 0.205 e. The van der Waals surface area contributed by atoms with Gasteiger partial charge in [0.15, 0.2) is 0 Å². The summed E-state index contributed by atoms with van der Waals surface area (Å²) in [6.07, 6.45) is 0. The SMILES string of the molecule is N#CC1=C(N)Oc2cc(O)ccc2C1c1ccc(OCc2ccccc2F)cc1. The van der Waals surface area contributed by atoms with E-state index >= 15 is 0 Å². The molecule has 144 valence electrons. The number of phenols is 1. The van der Waals surface area contributed by atoms with Gasteiger partial charge in [-0.25, -0.2) is 4.39 Å². The van der Waals surface area contributed by atoms with Gasteiger partial charge in [-0.2, -0.15) is 5.26 Å². The molecular formula is C23H17FN2O3. The Bertz CT molecular complexity index is 1130. The summed E-state index contributed by atoms with van der Waals surface area (Å²) >= 11 is 0. The van der Waals surface area contributed by atoms with Crippen LogP contribution in [-0.4, -0.2) is 5.11 Å². The van der Waals surface area contributed by atoms with E-state index in [1.165, 1.54) is 18.2 Å². The molecule has 1 heterocycles. The van der Waals surface area contributed by atoms with Crippen molar-refractivity contribution in [1.29, 1.82) is 5.26 Å². The number of hydrogen-bond acceptors (Lipinski definition) is 5. The summed E-state index contributed by atoms with van der Waals surface area (Å²) in [5, 5.41) is 19.3. The Hall–Kier alpha value is -3.98. The number of fused-ring (bicyclic) bond motifs is 1. The van der Waals surface area contributed by atoms with Crippen molar-refractivity contribution in [3.05, 3.63) is 101 Å². The summed E-state index contributed by atoms with van der Waals surface area (Å²) in [4.78, 5) is 0. The molecule has 0 fully saturated rings. The van der Waals surface area contributed by atoms with Crippen LogP contribution >= 0.6 is 0 Å². The molecule has 3 N–H and O–H groups in total. The molecule has 1 unspecified atom stereocenters. The highest BCUT2D eigenvalue weighted by atomic mass is 19.1. The van der Waals surface area contributed by atoms with Crippen LogP contribution in [0.15, 0.2) is 78.2 Å². The number of rotatable bonds is 4. The third-order valence-corrected chi connectivity index (χ3v) is 4.77. The molecule has 4 rings (SSSR count). The highest BCUT2D eigenvalue weighted by Gasteiger charge is 2.30. The first kappa shape index (κ1) is 18.4. The molecule has 1 aliphatic heterocycles. The van der Waals surface area contributed by atoms with E-state index in [4.69, 9.17) is 15.2 Å². The number of halogens is 1. The van der Waals surface area contributed by atoms with Crippen LogP contribution in [-0.2, 0) is 6.61 Å².